The van der Waals surface area contributed by atoms with Crippen LogP contribution in [0.4, 0.5) is 0 Å². The van der Waals surface area contributed by atoms with Crippen LogP contribution in [-0.2, 0) is 11.4 Å². The van der Waals surface area contributed by atoms with Crippen molar-refractivity contribution < 1.29 is 9.57 Å². The van der Waals surface area contributed by atoms with Crippen molar-refractivity contribution in [3.63, 3.8) is 0 Å². The first-order valence-electron chi connectivity index (χ1n) is 14.1. The third-order valence-electron chi connectivity index (χ3n) is 9.15. The van der Waals surface area contributed by atoms with Gasteiger partial charge in [0.05, 0.1) is 13.0 Å². The molecule has 5 aliphatic rings. The Morgan fingerprint density at radius 3 is 2.50 bits per heavy atom. The fraction of sp³-hybridized carbons (Fsp3) is 0.759. The standard InChI is InChI=1S/C29H43N3O2/c1-4-24-13-20(3)11-12-32(24)28-16-29(34-30-28)18-31(19-29)17-23-14-25(22-9-10-22)26(21-7-6-8-21)15-27(23)33-5-2/h14-15,20-22,24H,4-13,16-19H2,1-3H3. The molecule has 3 aliphatic heterocycles. The van der Waals surface area contributed by atoms with Crippen LogP contribution in [-0.4, -0.2) is 53.5 Å². The second-order valence-electron chi connectivity index (χ2n) is 11.9. The summed E-state index contributed by atoms with van der Waals surface area (Å²) in [6, 6.07) is 5.56. The van der Waals surface area contributed by atoms with Crippen LogP contribution in [0.5, 0.6) is 5.75 Å². The smallest absolute Gasteiger partial charge is 0.170 e. The molecule has 0 radical (unpaired) electrons. The van der Waals surface area contributed by atoms with Gasteiger partial charge in [-0.05, 0) is 86.8 Å². The summed E-state index contributed by atoms with van der Waals surface area (Å²) in [5.41, 5.74) is 4.50. The Morgan fingerprint density at radius 1 is 1.06 bits per heavy atom. The molecule has 1 spiro atoms. The van der Waals surface area contributed by atoms with E-state index in [1.165, 1.54) is 62.8 Å². The van der Waals surface area contributed by atoms with E-state index in [2.05, 4.69) is 47.9 Å². The normalized spacial score (nSPS) is 28.9. The van der Waals surface area contributed by atoms with Crippen molar-refractivity contribution >= 4 is 5.84 Å². The average Bonchev–Trinajstić information content (AvgIpc) is 3.52. The molecule has 0 aromatic heterocycles. The van der Waals surface area contributed by atoms with Crippen LogP contribution in [0.3, 0.4) is 0 Å². The Balaban J connectivity index is 1.12. The molecule has 34 heavy (non-hydrogen) atoms. The highest BCUT2D eigenvalue weighted by molar-refractivity contribution is 5.84. The van der Waals surface area contributed by atoms with Crippen molar-refractivity contribution in [2.24, 2.45) is 11.1 Å². The highest BCUT2D eigenvalue weighted by atomic mass is 16.7. The highest BCUT2D eigenvalue weighted by Gasteiger charge is 2.51. The molecule has 2 unspecified atom stereocenters. The van der Waals surface area contributed by atoms with Crippen molar-refractivity contribution in [3.8, 4) is 5.75 Å². The molecule has 1 aromatic carbocycles. The van der Waals surface area contributed by atoms with Crippen molar-refractivity contribution in [1.29, 1.82) is 0 Å². The number of amidine groups is 1. The van der Waals surface area contributed by atoms with Gasteiger partial charge < -0.3 is 14.5 Å². The van der Waals surface area contributed by atoms with Crippen molar-refractivity contribution in [1.82, 2.24) is 9.80 Å². The molecule has 5 heteroatoms. The number of hydrogen-bond acceptors (Lipinski definition) is 5. The number of likely N-dealkylation sites (tertiary alicyclic amines) is 2. The molecule has 3 heterocycles. The molecular weight excluding hydrogens is 422 g/mol. The summed E-state index contributed by atoms with van der Waals surface area (Å²) in [5, 5.41) is 4.63. The Bertz CT molecular complexity index is 930. The molecule has 2 saturated heterocycles. The lowest BCUT2D eigenvalue weighted by molar-refractivity contribution is -0.128. The van der Waals surface area contributed by atoms with Gasteiger partial charge in [0.25, 0.3) is 0 Å². The molecule has 0 bridgehead atoms. The molecule has 186 valence electrons. The van der Waals surface area contributed by atoms with Gasteiger partial charge in [-0.3, -0.25) is 4.90 Å². The fourth-order valence-corrected chi connectivity index (χ4v) is 6.82. The first kappa shape index (κ1) is 22.7. The predicted octanol–water partition coefficient (Wildman–Crippen LogP) is 6.03. The molecule has 4 fully saturated rings. The Kier molecular flexibility index (Phi) is 6.03. The second kappa shape index (κ2) is 9.04. The molecule has 1 aromatic rings. The van der Waals surface area contributed by atoms with E-state index in [4.69, 9.17) is 9.57 Å². The largest absolute Gasteiger partial charge is 0.494 e. The summed E-state index contributed by atoms with van der Waals surface area (Å²) < 4.78 is 6.18. The predicted molar refractivity (Wildman–Crippen MR) is 137 cm³/mol. The summed E-state index contributed by atoms with van der Waals surface area (Å²) in [6.07, 6.45) is 11.6. The first-order valence-corrected chi connectivity index (χ1v) is 14.1. The van der Waals surface area contributed by atoms with Gasteiger partial charge in [0.2, 0.25) is 0 Å². The zero-order valence-corrected chi connectivity index (χ0v) is 21.5. The summed E-state index contributed by atoms with van der Waals surface area (Å²) in [4.78, 5) is 11.2. The lowest BCUT2D eigenvalue weighted by atomic mass is 9.77. The molecule has 2 atom stereocenters. The monoisotopic (exact) mass is 465 g/mol. The van der Waals surface area contributed by atoms with Crippen molar-refractivity contribution in [2.45, 2.75) is 109 Å². The van der Waals surface area contributed by atoms with Gasteiger partial charge in [-0.25, -0.2) is 0 Å². The molecule has 2 aliphatic carbocycles. The maximum Gasteiger partial charge on any atom is 0.170 e. The zero-order valence-electron chi connectivity index (χ0n) is 21.5. The molecule has 6 rings (SSSR count). The van der Waals surface area contributed by atoms with E-state index in [1.807, 2.05) is 0 Å². The fourth-order valence-electron chi connectivity index (χ4n) is 6.82. The highest BCUT2D eigenvalue weighted by Crippen LogP contribution is 2.49. The minimum Gasteiger partial charge on any atom is -0.494 e. The van der Waals surface area contributed by atoms with E-state index < -0.39 is 0 Å². The van der Waals surface area contributed by atoms with Crippen LogP contribution in [0.15, 0.2) is 17.3 Å². The van der Waals surface area contributed by atoms with Gasteiger partial charge in [0, 0.05) is 37.8 Å². The Labute approximate surface area is 205 Å². The topological polar surface area (TPSA) is 37.3 Å². The first-order chi connectivity index (χ1) is 16.6. The summed E-state index contributed by atoms with van der Waals surface area (Å²) >= 11 is 0. The third kappa shape index (κ3) is 4.23. The summed E-state index contributed by atoms with van der Waals surface area (Å²) in [6.45, 7) is 11.6. The van der Waals surface area contributed by atoms with E-state index >= 15 is 0 Å². The molecule has 0 N–H and O–H groups in total. The van der Waals surface area contributed by atoms with Gasteiger partial charge in [-0.1, -0.05) is 31.5 Å². The second-order valence-corrected chi connectivity index (χ2v) is 11.9. The van der Waals surface area contributed by atoms with Gasteiger partial charge in [-0.15, -0.1) is 0 Å². The lowest BCUT2D eigenvalue weighted by Gasteiger charge is -2.46. The number of ether oxygens (including phenoxy) is 1. The minimum absolute atomic E-state index is 0.104. The van der Waals surface area contributed by atoms with E-state index in [-0.39, 0.29) is 5.60 Å². The number of piperidine rings is 1. The summed E-state index contributed by atoms with van der Waals surface area (Å²) in [7, 11) is 0. The van der Waals surface area contributed by atoms with Crippen LogP contribution >= 0.6 is 0 Å². The number of nitrogens with zero attached hydrogens (tertiary/aromatic N) is 3. The van der Waals surface area contributed by atoms with E-state index in [1.54, 1.807) is 11.1 Å². The van der Waals surface area contributed by atoms with Gasteiger partial charge in [-0.2, -0.15) is 0 Å². The van der Waals surface area contributed by atoms with Gasteiger partial charge in [0.1, 0.15) is 11.6 Å². The van der Waals surface area contributed by atoms with Crippen LogP contribution < -0.4 is 4.74 Å². The minimum atomic E-state index is -0.104. The summed E-state index contributed by atoms with van der Waals surface area (Å²) in [5.74, 6) is 4.71. The number of rotatable bonds is 7. The molecule has 0 amide bonds. The van der Waals surface area contributed by atoms with Gasteiger partial charge in [0.15, 0.2) is 5.60 Å². The zero-order chi connectivity index (χ0) is 23.3. The maximum absolute atomic E-state index is 6.18. The maximum atomic E-state index is 6.18. The van der Waals surface area contributed by atoms with E-state index in [9.17, 15) is 0 Å². The third-order valence-corrected chi connectivity index (χ3v) is 9.15. The van der Waals surface area contributed by atoms with Crippen LogP contribution in [0.25, 0.3) is 0 Å². The Hall–Kier alpha value is -1.75. The molecule has 2 saturated carbocycles. The Morgan fingerprint density at radius 2 is 1.82 bits per heavy atom. The van der Waals surface area contributed by atoms with E-state index in [0.717, 1.165) is 62.7 Å². The molecule has 5 nitrogen and oxygen atoms in total. The van der Waals surface area contributed by atoms with Crippen molar-refractivity contribution in [3.05, 3.63) is 28.8 Å². The number of hydrogen-bond donors (Lipinski definition) is 0. The van der Waals surface area contributed by atoms with Gasteiger partial charge >= 0.3 is 0 Å². The van der Waals surface area contributed by atoms with Crippen LogP contribution in [0, 0.1) is 5.92 Å². The average molecular weight is 466 g/mol. The van der Waals surface area contributed by atoms with Crippen LogP contribution in [0.1, 0.15) is 107 Å². The SMILES string of the molecule is CCOc1cc(C2CCC2)c(C2CC2)cc1CN1CC2(CC(N3CCC(C)CC3CC)=NO2)C1. The number of oxime groups is 1. The molecular formula is C29H43N3O2. The number of benzene rings is 1. The van der Waals surface area contributed by atoms with E-state index in [0.29, 0.717) is 6.04 Å². The van der Waals surface area contributed by atoms with Crippen LogP contribution in [0.2, 0.25) is 0 Å². The van der Waals surface area contributed by atoms with Crippen molar-refractivity contribution in [2.75, 3.05) is 26.2 Å². The lowest BCUT2D eigenvalue weighted by Crippen LogP contribution is -2.61. The quantitative estimate of drug-likeness (QED) is 0.493.